The van der Waals surface area contributed by atoms with Gasteiger partial charge in [-0.15, -0.1) is 0 Å². The molecule has 4 aliphatic heterocycles. The fourth-order valence-corrected chi connectivity index (χ4v) is 5.61. The molecule has 4 saturated heterocycles. The van der Waals surface area contributed by atoms with Crippen LogP contribution in [0.15, 0.2) is 18.2 Å². The Morgan fingerprint density at radius 3 is 2.82 bits per heavy atom. The van der Waals surface area contributed by atoms with Crippen molar-refractivity contribution in [2.24, 2.45) is 11.8 Å². The van der Waals surface area contributed by atoms with Gasteiger partial charge in [-0.1, -0.05) is 0 Å². The molecule has 0 aliphatic carbocycles. The molecular formula is C19H17F3N2O4. The van der Waals surface area contributed by atoms with Crippen LogP contribution in [0.5, 0.6) is 0 Å². The lowest BCUT2D eigenvalue weighted by molar-refractivity contribution is -0.143. The molecular weight excluding hydrogens is 377 g/mol. The van der Waals surface area contributed by atoms with Crippen molar-refractivity contribution >= 4 is 11.6 Å². The molecule has 1 N–H and O–H groups in total. The summed E-state index contributed by atoms with van der Waals surface area (Å²) in [5, 5.41) is 19.5. The van der Waals surface area contributed by atoms with Gasteiger partial charge in [-0.2, -0.15) is 18.4 Å². The molecule has 1 aromatic rings. The van der Waals surface area contributed by atoms with Crippen molar-refractivity contribution in [1.82, 2.24) is 0 Å². The Hall–Kier alpha value is -2.15. The third-order valence-corrected chi connectivity index (χ3v) is 6.79. The first-order valence-corrected chi connectivity index (χ1v) is 9.07. The number of nitrogens with zero attached hydrogens (tertiary/aromatic N) is 2. The highest BCUT2D eigenvalue weighted by Crippen LogP contribution is 2.65. The minimum atomic E-state index is -4.72. The van der Waals surface area contributed by atoms with Gasteiger partial charge in [-0.25, -0.2) is 0 Å². The Kier molecular flexibility index (Phi) is 3.36. The van der Waals surface area contributed by atoms with Crippen LogP contribution >= 0.6 is 0 Å². The number of carbonyl (C=O) groups excluding carboxylic acids is 1. The van der Waals surface area contributed by atoms with Crippen LogP contribution in [0.1, 0.15) is 30.9 Å². The van der Waals surface area contributed by atoms with E-state index in [1.54, 1.807) is 13.0 Å². The largest absolute Gasteiger partial charge is 0.417 e. The van der Waals surface area contributed by atoms with Crippen molar-refractivity contribution in [2.45, 2.75) is 49.5 Å². The van der Waals surface area contributed by atoms with E-state index in [9.17, 15) is 23.1 Å². The first-order chi connectivity index (χ1) is 13.1. The number of alkyl halides is 3. The average Bonchev–Trinajstić information content (AvgIpc) is 3.17. The molecule has 1 amide bonds. The van der Waals surface area contributed by atoms with Gasteiger partial charge in [0.2, 0.25) is 5.91 Å². The lowest BCUT2D eigenvalue weighted by atomic mass is 9.65. The van der Waals surface area contributed by atoms with Crippen LogP contribution in [0.4, 0.5) is 18.9 Å². The lowest BCUT2D eigenvalue weighted by Crippen LogP contribution is -2.53. The van der Waals surface area contributed by atoms with Crippen LogP contribution in [-0.2, 0) is 20.4 Å². The minimum Gasteiger partial charge on any atom is -0.390 e. The monoisotopic (exact) mass is 394 g/mol. The minimum absolute atomic E-state index is 0.0327. The molecule has 1 spiro atoms. The lowest BCUT2D eigenvalue weighted by Gasteiger charge is -2.42. The molecule has 2 bridgehead atoms. The molecule has 0 aromatic heterocycles. The predicted octanol–water partition coefficient (Wildman–Crippen LogP) is 2.19. The number of nitriles is 1. The van der Waals surface area contributed by atoms with Crippen LogP contribution in [0.25, 0.3) is 0 Å². The maximum Gasteiger partial charge on any atom is 0.417 e. The number of aliphatic hydroxyl groups is 1. The number of aliphatic hydroxyl groups excluding tert-OH is 1. The van der Waals surface area contributed by atoms with E-state index < -0.39 is 52.7 Å². The van der Waals surface area contributed by atoms with E-state index in [-0.39, 0.29) is 18.2 Å². The van der Waals surface area contributed by atoms with E-state index in [2.05, 4.69) is 0 Å². The number of fused-ring (bicyclic) bond motifs is 2. The number of carbonyl (C=O) groups is 1. The Balaban J connectivity index is 1.62. The van der Waals surface area contributed by atoms with E-state index >= 15 is 0 Å². The fourth-order valence-electron chi connectivity index (χ4n) is 5.61. The Labute approximate surface area is 158 Å². The van der Waals surface area contributed by atoms with Gasteiger partial charge < -0.3 is 14.6 Å². The quantitative estimate of drug-likeness (QED) is 0.790. The number of benzene rings is 1. The summed E-state index contributed by atoms with van der Waals surface area (Å²) in [6, 6.07) is 4.77. The van der Waals surface area contributed by atoms with Gasteiger partial charge in [-0.3, -0.25) is 9.69 Å². The number of ether oxygens (including phenoxy) is 2. The number of anilines is 1. The molecule has 9 heteroatoms. The van der Waals surface area contributed by atoms with Crippen LogP contribution in [0.2, 0.25) is 0 Å². The number of hydrogen-bond donors (Lipinski definition) is 1. The molecule has 4 aliphatic rings. The molecule has 1 aromatic carbocycles. The summed E-state index contributed by atoms with van der Waals surface area (Å²) in [5.74, 6) is -1.46. The highest BCUT2D eigenvalue weighted by atomic mass is 19.4. The van der Waals surface area contributed by atoms with Crippen molar-refractivity contribution in [3.63, 3.8) is 0 Å². The van der Waals surface area contributed by atoms with Gasteiger partial charge in [0.15, 0.2) is 0 Å². The van der Waals surface area contributed by atoms with Gasteiger partial charge in [0.05, 0.1) is 41.4 Å². The van der Waals surface area contributed by atoms with Crippen molar-refractivity contribution in [3.05, 3.63) is 29.3 Å². The van der Waals surface area contributed by atoms with Crippen molar-refractivity contribution < 1.29 is 32.5 Å². The predicted molar refractivity (Wildman–Crippen MR) is 87.8 cm³/mol. The SMILES string of the molecule is C[C@@]12O[C@@]3(CCO[C@H]4[C@@H]3[C@@H]1C(=O)N4c1ccc(C#N)c(C(F)(F)F)c1)C[C@H]2O. The Morgan fingerprint density at radius 1 is 1.39 bits per heavy atom. The summed E-state index contributed by atoms with van der Waals surface area (Å²) in [5.41, 5.74) is -3.35. The van der Waals surface area contributed by atoms with Crippen molar-refractivity contribution in [2.75, 3.05) is 11.5 Å². The highest BCUT2D eigenvalue weighted by molar-refractivity contribution is 6.00. The van der Waals surface area contributed by atoms with E-state index in [1.165, 1.54) is 11.0 Å². The normalized spacial score (nSPS) is 41.3. The second kappa shape index (κ2) is 5.26. The smallest absolute Gasteiger partial charge is 0.390 e. The summed E-state index contributed by atoms with van der Waals surface area (Å²) in [7, 11) is 0. The fraction of sp³-hybridized carbons (Fsp3) is 0.579. The van der Waals surface area contributed by atoms with Gasteiger partial charge in [0.25, 0.3) is 0 Å². The number of amides is 1. The summed E-state index contributed by atoms with van der Waals surface area (Å²) in [6.45, 7) is 1.97. The zero-order valence-corrected chi connectivity index (χ0v) is 14.9. The number of halogens is 3. The molecule has 0 radical (unpaired) electrons. The third-order valence-electron chi connectivity index (χ3n) is 6.79. The van der Waals surface area contributed by atoms with Gasteiger partial charge in [-0.05, 0) is 25.1 Å². The number of hydrogen-bond acceptors (Lipinski definition) is 5. The molecule has 5 rings (SSSR count). The summed E-state index contributed by atoms with van der Waals surface area (Å²) >= 11 is 0. The zero-order valence-electron chi connectivity index (χ0n) is 14.9. The molecule has 148 valence electrons. The molecule has 0 saturated carbocycles. The second-order valence-electron chi connectivity index (χ2n) is 8.13. The first-order valence-electron chi connectivity index (χ1n) is 9.07. The Morgan fingerprint density at radius 2 is 2.14 bits per heavy atom. The maximum absolute atomic E-state index is 13.4. The van der Waals surface area contributed by atoms with E-state index in [1.807, 2.05) is 0 Å². The average molecular weight is 394 g/mol. The molecule has 0 unspecified atom stereocenters. The van der Waals surface area contributed by atoms with E-state index in [0.29, 0.717) is 12.8 Å². The van der Waals surface area contributed by atoms with Gasteiger partial charge >= 0.3 is 6.18 Å². The molecule has 4 heterocycles. The number of rotatable bonds is 1. The zero-order chi connectivity index (χ0) is 20.1. The Bertz CT molecular complexity index is 929. The second-order valence-corrected chi connectivity index (χ2v) is 8.13. The standard InChI is InChI=1S/C19H17F3N2O4/c1-17-12(25)7-18(28-17)4-5-27-16-14(18)13(17)15(26)24(16)10-3-2-9(8-23)11(6-10)19(20,21)22/h2-3,6,12-14,16,25H,4-5,7H2,1H3/t12-,13-,14+,16+,17+,18+/m1/s1. The molecule has 6 atom stereocenters. The first kappa shape index (κ1) is 17.9. The van der Waals surface area contributed by atoms with Crippen LogP contribution in [-0.4, -0.2) is 41.2 Å². The summed E-state index contributed by atoms with van der Waals surface area (Å²) < 4.78 is 52.2. The maximum atomic E-state index is 13.4. The van der Waals surface area contributed by atoms with Crippen LogP contribution < -0.4 is 4.90 Å². The summed E-state index contributed by atoms with van der Waals surface area (Å²) in [4.78, 5) is 14.5. The van der Waals surface area contributed by atoms with E-state index in [0.717, 1.165) is 12.1 Å². The van der Waals surface area contributed by atoms with Crippen LogP contribution in [0, 0.1) is 23.2 Å². The molecule has 4 fully saturated rings. The third kappa shape index (κ3) is 2.00. The van der Waals surface area contributed by atoms with Gasteiger partial charge in [0, 0.05) is 24.4 Å². The van der Waals surface area contributed by atoms with Crippen molar-refractivity contribution in [1.29, 1.82) is 5.26 Å². The topological polar surface area (TPSA) is 82.8 Å². The highest BCUT2D eigenvalue weighted by Gasteiger charge is 2.77. The molecule has 28 heavy (non-hydrogen) atoms. The summed E-state index contributed by atoms with van der Waals surface area (Å²) in [6.07, 6.45) is -5.39. The van der Waals surface area contributed by atoms with E-state index in [4.69, 9.17) is 14.7 Å². The van der Waals surface area contributed by atoms with Crippen LogP contribution in [0.3, 0.4) is 0 Å². The van der Waals surface area contributed by atoms with Gasteiger partial charge in [0.1, 0.15) is 11.8 Å². The molecule has 6 nitrogen and oxygen atoms in total. The van der Waals surface area contributed by atoms with Crippen molar-refractivity contribution in [3.8, 4) is 6.07 Å².